The number of aliphatic imine (C=N–C) groups is 1. The second-order valence-corrected chi connectivity index (χ2v) is 4.93. The molecular weight excluding hydrogens is 242 g/mol. The van der Waals surface area contributed by atoms with Crippen LogP contribution < -0.4 is 0 Å². The third-order valence-electron chi connectivity index (χ3n) is 3.52. The fourth-order valence-electron chi connectivity index (χ4n) is 2.43. The van der Waals surface area contributed by atoms with Crippen molar-refractivity contribution in [3.05, 3.63) is 83.9 Å². The molecule has 0 saturated heterocycles. The van der Waals surface area contributed by atoms with Crippen LogP contribution in [-0.2, 0) is 0 Å². The molecule has 0 aromatic heterocycles. The minimum atomic E-state index is 0.154. The van der Waals surface area contributed by atoms with Gasteiger partial charge < -0.3 is 0 Å². The summed E-state index contributed by atoms with van der Waals surface area (Å²) < 4.78 is 0. The first kappa shape index (κ1) is 12.6. The number of hydrogen-bond acceptors (Lipinski definition) is 1. The standard InChI is InChI=1S/C19H17N/c1-15(20-14-16-8-3-2-4-9-16)18-13-7-11-17-10-5-6-12-19(17)18/h2-15H,1H3/b20-14+. The van der Waals surface area contributed by atoms with E-state index in [4.69, 9.17) is 0 Å². The summed E-state index contributed by atoms with van der Waals surface area (Å²) in [5.74, 6) is 0. The van der Waals surface area contributed by atoms with Crippen LogP contribution in [0.2, 0.25) is 0 Å². The van der Waals surface area contributed by atoms with Gasteiger partial charge in [0, 0.05) is 6.21 Å². The molecule has 0 N–H and O–H groups in total. The fraction of sp³-hybridized carbons (Fsp3) is 0.105. The lowest BCUT2D eigenvalue weighted by Gasteiger charge is -2.10. The third kappa shape index (κ3) is 2.62. The highest BCUT2D eigenvalue weighted by atomic mass is 14.8. The molecule has 0 saturated carbocycles. The van der Waals surface area contributed by atoms with Gasteiger partial charge in [-0.05, 0) is 28.8 Å². The van der Waals surface area contributed by atoms with E-state index in [1.807, 2.05) is 24.4 Å². The van der Waals surface area contributed by atoms with E-state index in [0.29, 0.717) is 0 Å². The molecule has 1 heteroatoms. The van der Waals surface area contributed by atoms with E-state index in [-0.39, 0.29) is 6.04 Å². The predicted octanol–water partition coefficient (Wildman–Crippen LogP) is 5.02. The van der Waals surface area contributed by atoms with Gasteiger partial charge in [-0.3, -0.25) is 4.99 Å². The van der Waals surface area contributed by atoms with E-state index in [1.165, 1.54) is 16.3 Å². The molecule has 0 amide bonds. The van der Waals surface area contributed by atoms with Crippen molar-refractivity contribution in [2.75, 3.05) is 0 Å². The van der Waals surface area contributed by atoms with E-state index < -0.39 is 0 Å². The van der Waals surface area contributed by atoms with E-state index >= 15 is 0 Å². The first-order chi connectivity index (χ1) is 9.84. The lowest BCUT2D eigenvalue weighted by molar-refractivity contribution is 0.834. The van der Waals surface area contributed by atoms with Crippen molar-refractivity contribution in [3.8, 4) is 0 Å². The second-order valence-electron chi connectivity index (χ2n) is 4.93. The lowest BCUT2D eigenvalue weighted by atomic mass is 10.00. The summed E-state index contributed by atoms with van der Waals surface area (Å²) >= 11 is 0. The van der Waals surface area contributed by atoms with E-state index in [1.54, 1.807) is 0 Å². The van der Waals surface area contributed by atoms with Crippen LogP contribution in [0.3, 0.4) is 0 Å². The molecule has 0 bridgehead atoms. The van der Waals surface area contributed by atoms with Crippen molar-refractivity contribution in [2.45, 2.75) is 13.0 Å². The quantitative estimate of drug-likeness (QED) is 0.586. The van der Waals surface area contributed by atoms with Gasteiger partial charge in [-0.25, -0.2) is 0 Å². The van der Waals surface area contributed by atoms with Crippen molar-refractivity contribution in [3.63, 3.8) is 0 Å². The lowest BCUT2D eigenvalue weighted by Crippen LogP contribution is -1.92. The molecule has 0 aliphatic rings. The van der Waals surface area contributed by atoms with Gasteiger partial charge in [-0.2, -0.15) is 0 Å². The van der Waals surface area contributed by atoms with Crippen LogP contribution in [-0.4, -0.2) is 6.21 Å². The molecule has 3 aromatic rings. The molecule has 3 aromatic carbocycles. The number of hydrogen-bond donors (Lipinski definition) is 0. The minimum Gasteiger partial charge on any atom is -0.285 e. The van der Waals surface area contributed by atoms with Gasteiger partial charge in [0.25, 0.3) is 0 Å². The molecule has 1 nitrogen and oxygen atoms in total. The van der Waals surface area contributed by atoms with Gasteiger partial charge in [-0.1, -0.05) is 72.8 Å². The fourth-order valence-corrected chi connectivity index (χ4v) is 2.43. The highest BCUT2D eigenvalue weighted by Gasteiger charge is 2.06. The normalized spacial score (nSPS) is 12.8. The SMILES string of the molecule is CC(/N=C/c1ccccc1)c1cccc2ccccc12. The molecule has 98 valence electrons. The van der Waals surface area contributed by atoms with Gasteiger partial charge in [0.2, 0.25) is 0 Å². The Labute approximate surface area is 119 Å². The van der Waals surface area contributed by atoms with Gasteiger partial charge >= 0.3 is 0 Å². The Bertz CT molecular complexity index is 724. The molecule has 3 rings (SSSR count). The van der Waals surface area contributed by atoms with Crippen molar-refractivity contribution < 1.29 is 0 Å². The van der Waals surface area contributed by atoms with E-state index in [2.05, 4.69) is 66.5 Å². The maximum absolute atomic E-state index is 4.69. The van der Waals surface area contributed by atoms with Crippen LogP contribution >= 0.6 is 0 Å². The molecule has 0 fully saturated rings. The average molecular weight is 259 g/mol. The number of fused-ring (bicyclic) bond motifs is 1. The molecule has 1 atom stereocenters. The summed E-state index contributed by atoms with van der Waals surface area (Å²) in [5.41, 5.74) is 2.41. The number of benzene rings is 3. The van der Waals surface area contributed by atoms with Crippen LogP contribution in [0.5, 0.6) is 0 Å². The Morgan fingerprint density at radius 1 is 0.800 bits per heavy atom. The van der Waals surface area contributed by atoms with Crippen molar-refractivity contribution in [2.24, 2.45) is 4.99 Å². The highest BCUT2D eigenvalue weighted by molar-refractivity contribution is 5.86. The molecule has 0 radical (unpaired) electrons. The average Bonchev–Trinajstić information content (AvgIpc) is 2.53. The van der Waals surface area contributed by atoms with Crippen LogP contribution in [0, 0.1) is 0 Å². The van der Waals surface area contributed by atoms with Gasteiger partial charge in [0.05, 0.1) is 6.04 Å². The zero-order valence-electron chi connectivity index (χ0n) is 11.5. The summed E-state index contributed by atoms with van der Waals surface area (Å²) in [6.07, 6.45) is 1.95. The summed E-state index contributed by atoms with van der Waals surface area (Å²) in [6.45, 7) is 2.14. The van der Waals surface area contributed by atoms with E-state index in [0.717, 1.165) is 5.56 Å². The van der Waals surface area contributed by atoms with Gasteiger partial charge in [-0.15, -0.1) is 0 Å². The first-order valence-electron chi connectivity index (χ1n) is 6.90. The maximum Gasteiger partial charge on any atom is 0.0727 e. The highest BCUT2D eigenvalue weighted by Crippen LogP contribution is 2.26. The first-order valence-corrected chi connectivity index (χ1v) is 6.90. The molecule has 0 aliphatic carbocycles. The molecule has 20 heavy (non-hydrogen) atoms. The Hall–Kier alpha value is -2.41. The molecule has 0 heterocycles. The van der Waals surface area contributed by atoms with Crippen LogP contribution in [0.25, 0.3) is 10.8 Å². The second kappa shape index (κ2) is 5.70. The Balaban J connectivity index is 1.93. The van der Waals surface area contributed by atoms with Crippen LogP contribution in [0.4, 0.5) is 0 Å². The summed E-state index contributed by atoms with van der Waals surface area (Å²) in [4.78, 5) is 4.69. The largest absolute Gasteiger partial charge is 0.285 e. The zero-order chi connectivity index (χ0) is 13.8. The third-order valence-corrected chi connectivity index (χ3v) is 3.52. The Kier molecular flexibility index (Phi) is 3.60. The topological polar surface area (TPSA) is 12.4 Å². The molecule has 0 spiro atoms. The zero-order valence-corrected chi connectivity index (χ0v) is 11.5. The van der Waals surface area contributed by atoms with Crippen molar-refractivity contribution >= 4 is 17.0 Å². The number of nitrogens with zero attached hydrogens (tertiary/aromatic N) is 1. The van der Waals surface area contributed by atoms with Crippen molar-refractivity contribution in [1.82, 2.24) is 0 Å². The Morgan fingerprint density at radius 3 is 2.35 bits per heavy atom. The van der Waals surface area contributed by atoms with E-state index in [9.17, 15) is 0 Å². The number of rotatable bonds is 3. The predicted molar refractivity (Wildman–Crippen MR) is 86.4 cm³/mol. The molecule has 0 aliphatic heterocycles. The maximum atomic E-state index is 4.69. The molecular formula is C19H17N. The monoisotopic (exact) mass is 259 g/mol. The molecule has 1 unspecified atom stereocenters. The summed E-state index contributed by atoms with van der Waals surface area (Å²) in [6, 6.07) is 25.3. The summed E-state index contributed by atoms with van der Waals surface area (Å²) in [7, 11) is 0. The van der Waals surface area contributed by atoms with Crippen LogP contribution in [0.15, 0.2) is 77.8 Å². The Morgan fingerprint density at radius 2 is 1.50 bits per heavy atom. The van der Waals surface area contributed by atoms with Gasteiger partial charge in [0.1, 0.15) is 0 Å². The summed E-state index contributed by atoms with van der Waals surface area (Å²) in [5, 5.41) is 2.56. The minimum absolute atomic E-state index is 0.154. The van der Waals surface area contributed by atoms with Crippen molar-refractivity contribution in [1.29, 1.82) is 0 Å². The smallest absolute Gasteiger partial charge is 0.0727 e. The van der Waals surface area contributed by atoms with Gasteiger partial charge in [0.15, 0.2) is 0 Å². The van der Waals surface area contributed by atoms with Crippen LogP contribution in [0.1, 0.15) is 24.1 Å².